The van der Waals surface area contributed by atoms with Crippen LogP contribution in [0, 0.1) is 0 Å². The van der Waals surface area contributed by atoms with Crippen LogP contribution < -0.4 is 5.32 Å². The van der Waals surface area contributed by atoms with Crippen molar-refractivity contribution in [1.29, 1.82) is 0 Å². The molecule has 0 unspecified atom stereocenters. The number of para-hydroxylation sites is 1. The summed E-state index contributed by atoms with van der Waals surface area (Å²) in [5.41, 5.74) is 2.12. The molecule has 1 aliphatic rings. The van der Waals surface area contributed by atoms with Crippen molar-refractivity contribution >= 4 is 11.6 Å². The van der Waals surface area contributed by atoms with Gasteiger partial charge in [0.15, 0.2) is 11.5 Å². The fourth-order valence-electron chi connectivity index (χ4n) is 2.59. The predicted octanol–water partition coefficient (Wildman–Crippen LogP) is 2.68. The molecule has 0 spiro atoms. The number of carbonyl (C=O) groups is 1. The minimum Gasteiger partial charge on any atom is -0.504 e. The van der Waals surface area contributed by atoms with Gasteiger partial charge in [0, 0.05) is 12.2 Å². The Kier molecular flexibility index (Phi) is 3.17. The third-order valence-electron chi connectivity index (χ3n) is 3.68. The Bertz CT molecular complexity index is 700. The summed E-state index contributed by atoms with van der Waals surface area (Å²) in [6.45, 7) is 2.44. The number of anilines is 1. The largest absolute Gasteiger partial charge is 0.504 e. The summed E-state index contributed by atoms with van der Waals surface area (Å²) in [7, 11) is 0. The molecule has 1 heterocycles. The minimum atomic E-state index is -0.371. The van der Waals surface area contributed by atoms with E-state index >= 15 is 0 Å². The van der Waals surface area contributed by atoms with Gasteiger partial charge in [-0.15, -0.1) is 0 Å². The smallest absolute Gasteiger partial charge is 0.257 e. The third kappa shape index (κ3) is 2.16. The number of phenols is 2. The second kappa shape index (κ2) is 5.01. The molecular formula is C16H16N2O3. The van der Waals surface area contributed by atoms with Gasteiger partial charge in [-0.3, -0.25) is 4.79 Å². The first-order valence-electron chi connectivity index (χ1n) is 6.80. The quantitative estimate of drug-likeness (QED) is 0.741. The number of carbonyl (C=O) groups excluding carboxylic acids is 1. The van der Waals surface area contributed by atoms with E-state index in [1.807, 2.05) is 25.1 Å². The molecule has 108 valence electrons. The molecule has 21 heavy (non-hydrogen) atoms. The lowest BCUT2D eigenvalue weighted by atomic mass is 10.0. The average molecular weight is 284 g/mol. The molecule has 0 aromatic heterocycles. The van der Waals surface area contributed by atoms with Crippen molar-refractivity contribution in [1.82, 2.24) is 4.90 Å². The van der Waals surface area contributed by atoms with Gasteiger partial charge in [0.1, 0.15) is 6.17 Å². The summed E-state index contributed by atoms with van der Waals surface area (Å²) in [5.74, 6) is -0.426. The third-order valence-corrected chi connectivity index (χ3v) is 3.68. The Morgan fingerprint density at radius 3 is 2.62 bits per heavy atom. The first-order chi connectivity index (χ1) is 10.1. The SMILES string of the molecule is CCN1C(=O)c2ccccc2N[C@@H]1c1ccc(O)c(O)c1. The highest BCUT2D eigenvalue weighted by atomic mass is 16.3. The number of fused-ring (bicyclic) bond motifs is 1. The van der Waals surface area contributed by atoms with Crippen molar-refractivity contribution in [2.75, 3.05) is 11.9 Å². The summed E-state index contributed by atoms with van der Waals surface area (Å²) in [6, 6.07) is 11.9. The summed E-state index contributed by atoms with van der Waals surface area (Å²) >= 11 is 0. The van der Waals surface area contributed by atoms with Crippen LogP contribution in [0.25, 0.3) is 0 Å². The van der Waals surface area contributed by atoms with Gasteiger partial charge in [0.05, 0.1) is 5.56 Å². The molecule has 0 saturated heterocycles. The molecule has 0 aliphatic carbocycles. The van der Waals surface area contributed by atoms with Gasteiger partial charge in [0.25, 0.3) is 5.91 Å². The van der Waals surface area contributed by atoms with E-state index in [0.29, 0.717) is 12.1 Å². The number of hydrogen-bond acceptors (Lipinski definition) is 4. The highest BCUT2D eigenvalue weighted by Gasteiger charge is 2.31. The molecule has 0 fully saturated rings. The Morgan fingerprint density at radius 2 is 1.90 bits per heavy atom. The highest BCUT2D eigenvalue weighted by molar-refractivity contribution is 6.01. The zero-order chi connectivity index (χ0) is 15.0. The molecule has 0 radical (unpaired) electrons. The number of nitrogens with one attached hydrogen (secondary N) is 1. The van der Waals surface area contributed by atoms with Crippen molar-refractivity contribution in [3.63, 3.8) is 0 Å². The number of rotatable bonds is 2. The van der Waals surface area contributed by atoms with Crippen molar-refractivity contribution in [3.05, 3.63) is 53.6 Å². The second-order valence-electron chi connectivity index (χ2n) is 4.93. The van der Waals surface area contributed by atoms with Gasteiger partial charge in [-0.05, 0) is 36.8 Å². The number of amides is 1. The fraction of sp³-hybridized carbons (Fsp3) is 0.188. The molecular weight excluding hydrogens is 268 g/mol. The van der Waals surface area contributed by atoms with Crippen molar-refractivity contribution in [2.45, 2.75) is 13.1 Å². The van der Waals surface area contributed by atoms with Gasteiger partial charge in [-0.25, -0.2) is 0 Å². The van der Waals surface area contributed by atoms with E-state index in [0.717, 1.165) is 11.3 Å². The van der Waals surface area contributed by atoms with Crippen LogP contribution in [0.4, 0.5) is 5.69 Å². The maximum absolute atomic E-state index is 12.6. The standard InChI is InChI=1S/C16H16N2O3/c1-2-18-15(10-7-8-13(19)14(20)9-10)17-12-6-4-3-5-11(12)16(18)21/h3-9,15,17,19-20H,2H2,1H3/t15-/m0/s1. The van der Waals surface area contributed by atoms with E-state index < -0.39 is 0 Å². The molecule has 1 aliphatic heterocycles. The van der Waals surface area contributed by atoms with Crippen LogP contribution in [0.2, 0.25) is 0 Å². The summed E-state index contributed by atoms with van der Waals surface area (Å²) in [6.07, 6.45) is -0.371. The lowest BCUT2D eigenvalue weighted by Gasteiger charge is -2.37. The predicted molar refractivity (Wildman–Crippen MR) is 79.3 cm³/mol. The number of nitrogens with zero attached hydrogens (tertiary/aromatic N) is 1. The van der Waals surface area contributed by atoms with E-state index in [-0.39, 0.29) is 23.6 Å². The van der Waals surface area contributed by atoms with E-state index in [4.69, 9.17) is 0 Å². The number of hydrogen-bond donors (Lipinski definition) is 3. The van der Waals surface area contributed by atoms with Gasteiger partial charge in [0.2, 0.25) is 0 Å². The minimum absolute atomic E-state index is 0.0515. The van der Waals surface area contributed by atoms with Crippen LogP contribution in [0.15, 0.2) is 42.5 Å². The summed E-state index contributed by atoms with van der Waals surface area (Å²) in [5, 5.41) is 22.4. The van der Waals surface area contributed by atoms with E-state index in [1.54, 1.807) is 17.0 Å². The molecule has 3 N–H and O–H groups in total. The average Bonchev–Trinajstić information content (AvgIpc) is 2.50. The van der Waals surface area contributed by atoms with E-state index in [1.165, 1.54) is 12.1 Å². The number of aromatic hydroxyl groups is 2. The van der Waals surface area contributed by atoms with Crippen LogP contribution in [0.1, 0.15) is 29.0 Å². The number of phenolic OH excluding ortho intramolecular Hbond substituents is 2. The molecule has 1 atom stereocenters. The Hall–Kier alpha value is -2.69. The first kappa shape index (κ1) is 13.3. The lowest BCUT2D eigenvalue weighted by molar-refractivity contribution is 0.0694. The monoisotopic (exact) mass is 284 g/mol. The normalized spacial score (nSPS) is 17.3. The molecule has 0 bridgehead atoms. The Morgan fingerprint density at radius 1 is 1.14 bits per heavy atom. The maximum Gasteiger partial charge on any atom is 0.257 e. The van der Waals surface area contributed by atoms with Gasteiger partial charge in [-0.2, -0.15) is 0 Å². The summed E-state index contributed by atoms with van der Waals surface area (Å²) in [4.78, 5) is 14.2. The van der Waals surface area contributed by atoms with Crippen LogP contribution in [-0.2, 0) is 0 Å². The molecule has 0 saturated carbocycles. The fourth-order valence-corrected chi connectivity index (χ4v) is 2.59. The van der Waals surface area contributed by atoms with Crippen LogP contribution in [0.3, 0.4) is 0 Å². The van der Waals surface area contributed by atoms with E-state index in [2.05, 4.69) is 5.32 Å². The van der Waals surface area contributed by atoms with Crippen molar-refractivity contribution in [3.8, 4) is 11.5 Å². The second-order valence-corrected chi connectivity index (χ2v) is 4.93. The maximum atomic E-state index is 12.6. The van der Waals surface area contributed by atoms with Crippen LogP contribution >= 0.6 is 0 Å². The molecule has 2 aromatic rings. The lowest BCUT2D eigenvalue weighted by Crippen LogP contribution is -2.42. The van der Waals surface area contributed by atoms with Gasteiger partial charge < -0.3 is 20.4 Å². The molecule has 3 rings (SSSR count). The zero-order valence-corrected chi connectivity index (χ0v) is 11.6. The van der Waals surface area contributed by atoms with Gasteiger partial charge in [-0.1, -0.05) is 18.2 Å². The summed E-state index contributed by atoms with van der Waals surface area (Å²) < 4.78 is 0. The van der Waals surface area contributed by atoms with Crippen LogP contribution in [-0.4, -0.2) is 27.6 Å². The Labute approximate surface area is 122 Å². The zero-order valence-electron chi connectivity index (χ0n) is 11.6. The van der Waals surface area contributed by atoms with Gasteiger partial charge >= 0.3 is 0 Å². The highest BCUT2D eigenvalue weighted by Crippen LogP contribution is 2.35. The van der Waals surface area contributed by atoms with Crippen molar-refractivity contribution < 1.29 is 15.0 Å². The van der Waals surface area contributed by atoms with Crippen LogP contribution in [0.5, 0.6) is 11.5 Å². The Balaban J connectivity index is 2.06. The molecule has 5 nitrogen and oxygen atoms in total. The van der Waals surface area contributed by atoms with E-state index in [9.17, 15) is 15.0 Å². The first-order valence-corrected chi connectivity index (χ1v) is 6.80. The molecule has 5 heteroatoms. The molecule has 2 aromatic carbocycles. The number of benzene rings is 2. The topological polar surface area (TPSA) is 72.8 Å². The van der Waals surface area contributed by atoms with Crippen molar-refractivity contribution in [2.24, 2.45) is 0 Å². The molecule has 1 amide bonds.